The number of para-hydroxylation sites is 1. The third-order valence-electron chi connectivity index (χ3n) is 3.32. The van der Waals surface area contributed by atoms with Gasteiger partial charge in [-0.2, -0.15) is 0 Å². The molecule has 0 saturated heterocycles. The number of benzene rings is 2. The van der Waals surface area contributed by atoms with E-state index in [4.69, 9.17) is 10.5 Å². The molecule has 2 amide bonds. The van der Waals surface area contributed by atoms with Crippen molar-refractivity contribution in [2.45, 2.75) is 6.92 Å². The van der Waals surface area contributed by atoms with Crippen LogP contribution in [0.1, 0.15) is 15.9 Å². The Labute approximate surface area is 142 Å². The molecule has 0 spiro atoms. The lowest BCUT2D eigenvalue weighted by atomic mass is 10.2. The molecule has 0 radical (unpaired) electrons. The van der Waals surface area contributed by atoms with Gasteiger partial charge in [0, 0.05) is 5.56 Å². The average molecular weight is 341 g/mol. The number of aryl methyl sites for hydroxylation is 1. The first kappa shape index (κ1) is 15.9. The van der Waals surface area contributed by atoms with E-state index in [1.165, 1.54) is 11.3 Å². The monoisotopic (exact) mass is 341 g/mol. The van der Waals surface area contributed by atoms with Crippen molar-refractivity contribution in [2.24, 2.45) is 5.73 Å². The van der Waals surface area contributed by atoms with Crippen LogP contribution in [-0.4, -0.2) is 23.4 Å². The number of thiazole rings is 1. The predicted octanol–water partition coefficient (Wildman–Crippen LogP) is 2.72. The summed E-state index contributed by atoms with van der Waals surface area (Å²) in [6, 6.07) is 12.4. The molecule has 0 atom stereocenters. The SMILES string of the molecule is Cc1cccc2sc(NC(=O)c3cccc(OCC(N)=O)c3)nc12. The van der Waals surface area contributed by atoms with Crippen LogP contribution in [0.5, 0.6) is 5.75 Å². The maximum Gasteiger partial charge on any atom is 0.257 e. The second kappa shape index (κ2) is 6.67. The van der Waals surface area contributed by atoms with Crippen molar-refractivity contribution >= 4 is 38.5 Å². The number of primary amides is 1. The largest absolute Gasteiger partial charge is 0.484 e. The highest BCUT2D eigenvalue weighted by Crippen LogP contribution is 2.28. The second-order valence-electron chi connectivity index (χ2n) is 5.18. The molecule has 3 aromatic rings. The van der Waals surface area contributed by atoms with Crippen LogP contribution in [0.25, 0.3) is 10.2 Å². The Morgan fingerprint density at radius 2 is 2.04 bits per heavy atom. The fraction of sp³-hybridized carbons (Fsp3) is 0.118. The Morgan fingerprint density at radius 3 is 2.79 bits per heavy atom. The zero-order valence-electron chi connectivity index (χ0n) is 12.9. The molecule has 0 unspecified atom stereocenters. The van der Waals surface area contributed by atoms with E-state index in [2.05, 4.69) is 10.3 Å². The minimum absolute atomic E-state index is 0.234. The molecule has 3 rings (SSSR count). The summed E-state index contributed by atoms with van der Waals surface area (Å²) >= 11 is 1.42. The molecule has 2 aromatic carbocycles. The summed E-state index contributed by atoms with van der Waals surface area (Å²) in [6.07, 6.45) is 0. The number of ether oxygens (including phenoxy) is 1. The molecule has 1 aromatic heterocycles. The summed E-state index contributed by atoms with van der Waals surface area (Å²) in [5.74, 6) is -0.465. The van der Waals surface area contributed by atoms with E-state index >= 15 is 0 Å². The van der Waals surface area contributed by atoms with Gasteiger partial charge >= 0.3 is 0 Å². The standard InChI is InChI=1S/C17H15N3O3S/c1-10-4-2-7-13-15(10)19-17(24-13)20-16(22)11-5-3-6-12(8-11)23-9-14(18)21/h2-8H,9H2,1H3,(H2,18,21)(H,19,20,22). The highest BCUT2D eigenvalue weighted by atomic mass is 32.1. The quantitative estimate of drug-likeness (QED) is 0.746. The number of amides is 2. The smallest absolute Gasteiger partial charge is 0.257 e. The highest BCUT2D eigenvalue weighted by molar-refractivity contribution is 7.22. The number of hydrogen-bond acceptors (Lipinski definition) is 5. The van der Waals surface area contributed by atoms with Gasteiger partial charge in [-0.25, -0.2) is 4.98 Å². The lowest BCUT2D eigenvalue weighted by Crippen LogP contribution is -2.20. The zero-order valence-corrected chi connectivity index (χ0v) is 13.7. The Balaban J connectivity index is 1.77. The van der Waals surface area contributed by atoms with Crippen LogP contribution in [0.2, 0.25) is 0 Å². The van der Waals surface area contributed by atoms with Gasteiger partial charge < -0.3 is 10.5 Å². The van der Waals surface area contributed by atoms with Gasteiger partial charge in [-0.1, -0.05) is 29.5 Å². The third kappa shape index (κ3) is 3.52. The van der Waals surface area contributed by atoms with Crippen molar-refractivity contribution in [3.05, 3.63) is 53.6 Å². The minimum Gasteiger partial charge on any atom is -0.484 e. The molecule has 0 aliphatic heterocycles. The van der Waals surface area contributed by atoms with Gasteiger partial charge in [-0.15, -0.1) is 0 Å². The number of carbonyl (C=O) groups is 2. The normalized spacial score (nSPS) is 10.5. The van der Waals surface area contributed by atoms with E-state index in [1.807, 2.05) is 25.1 Å². The van der Waals surface area contributed by atoms with Gasteiger partial charge in [0.25, 0.3) is 11.8 Å². The second-order valence-corrected chi connectivity index (χ2v) is 6.21. The van der Waals surface area contributed by atoms with Crippen LogP contribution in [0.15, 0.2) is 42.5 Å². The van der Waals surface area contributed by atoms with Crippen LogP contribution >= 0.6 is 11.3 Å². The number of rotatable bonds is 5. The van der Waals surface area contributed by atoms with Crippen molar-refractivity contribution in [1.29, 1.82) is 0 Å². The molecule has 0 aliphatic carbocycles. The van der Waals surface area contributed by atoms with Gasteiger partial charge in [0.2, 0.25) is 0 Å². The first-order valence-electron chi connectivity index (χ1n) is 7.21. The Morgan fingerprint density at radius 1 is 1.25 bits per heavy atom. The van der Waals surface area contributed by atoms with Crippen LogP contribution in [0.4, 0.5) is 5.13 Å². The number of hydrogen-bond donors (Lipinski definition) is 2. The van der Waals surface area contributed by atoms with Crippen LogP contribution < -0.4 is 15.8 Å². The first-order valence-corrected chi connectivity index (χ1v) is 8.03. The summed E-state index contributed by atoms with van der Waals surface area (Å²) in [5, 5.41) is 3.32. The van der Waals surface area contributed by atoms with Gasteiger partial charge in [0.05, 0.1) is 10.2 Å². The topological polar surface area (TPSA) is 94.3 Å². The molecule has 0 bridgehead atoms. The molecule has 0 saturated carbocycles. The third-order valence-corrected chi connectivity index (χ3v) is 4.25. The van der Waals surface area contributed by atoms with Gasteiger partial charge in [0.15, 0.2) is 11.7 Å². The van der Waals surface area contributed by atoms with Crippen molar-refractivity contribution in [3.63, 3.8) is 0 Å². The van der Waals surface area contributed by atoms with Crippen molar-refractivity contribution in [2.75, 3.05) is 11.9 Å². The van der Waals surface area contributed by atoms with Gasteiger partial charge in [0.1, 0.15) is 5.75 Å². The van der Waals surface area contributed by atoms with E-state index in [0.717, 1.165) is 15.8 Å². The molecule has 24 heavy (non-hydrogen) atoms. The van der Waals surface area contributed by atoms with Gasteiger partial charge in [-0.05, 0) is 36.8 Å². The summed E-state index contributed by atoms with van der Waals surface area (Å²) < 4.78 is 6.22. The van der Waals surface area contributed by atoms with Crippen molar-refractivity contribution in [3.8, 4) is 5.75 Å². The van der Waals surface area contributed by atoms with E-state index in [0.29, 0.717) is 16.4 Å². The van der Waals surface area contributed by atoms with Crippen molar-refractivity contribution < 1.29 is 14.3 Å². The number of anilines is 1. The fourth-order valence-corrected chi connectivity index (χ4v) is 3.13. The minimum atomic E-state index is -0.574. The Kier molecular flexibility index (Phi) is 4.43. The first-order chi connectivity index (χ1) is 11.5. The summed E-state index contributed by atoms with van der Waals surface area (Å²) in [4.78, 5) is 27.6. The molecule has 7 heteroatoms. The molecule has 0 aliphatic rings. The molecule has 1 heterocycles. The van der Waals surface area contributed by atoms with E-state index in [9.17, 15) is 9.59 Å². The van der Waals surface area contributed by atoms with E-state index in [1.54, 1.807) is 24.3 Å². The van der Waals surface area contributed by atoms with Crippen molar-refractivity contribution in [1.82, 2.24) is 4.98 Å². The Hall–Kier alpha value is -2.93. The highest BCUT2D eigenvalue weighted by Gasteiger charge is 2.11. The average Bonchev–Trinajstić information content (AvgIpc) is 2.97. The maximum absolute atomic E-state index is 12.4. The van der Waals surface area contributed by atoms with E-state index in [-0.39, 0.29) is 12.5 Å². The lowest BCUT2D eigenvalue weighted by Gasteiger charge is -2.06. The number of aromatic nitrogens is 1. The summed E-state index contributed by atoms with van der Waals surface area (Å²) in [5.41, 5.74) is 7.40. The number of nitrogens with one attached hydrogen (secondary N) is 1. The lowest BCUT2D eigenvalue weighted by molar-refractivity contribution is -0.119. The molecule has 3 N–H and O–H groups in total. The number of carbonyl (C=O) groups excluding carboxylic acids is 2. The maximum atomic E-state index is 12.4. The van der Waals surface area contributed by atoms with E-state index < -0.39 is 5.91 Å². The van der Waals surface area contributed by atoms with Crippen LogP contribution in [0, 0.1) is 6.92 Å². The predicted molar refractivity (Wildman–Crippen MR) is 93.4 cm³/mol. The molecular formula is C17H15N3O3S. The summed E-state index contributed by atoms with van der Waals surface area (Å²) in [7, 11) is 0. The zero-order chi connectivity index (χ0) is 17.1. The molecule has 6 nitrogen and oxygen atoms in total. The van der Waals surface area contributed by atoms with Crippen LogP contribution in [0.3, 0.4) is 0 Å². The molecule has 0 fully saturated rings. The molecular weight excluding hydrogens is 326 g/mol. The van der Waals surface area contributed by atoms with Gasteiger partial charge in [-0.3, -0.25) is 14.9 Å². The molecule has 122 valence electrons. The number of nitrogens with zero attached hydrogens (tertiary/aromatic N) is 1. The Bertz CT molecular complexity index is 920. The fourth-order valence-electron chi connectivity index (χ4n) is 2.19. The number of fused-ring (bicyclic) bond motifs is 1. The van der Waals surface area contributed by atoms with Crippen LogP contribution in [-0.2, 0) is 4.79 Å². The number of nitrogens with two attached hydrogens (primary N) is 1. The summed E-state index contributed by atoms with van der Waals surface area (Å²) in [6.45, 7) is 1.75.